The minimum absolute atomic E-state index is 0. The molecular formula is C17H27ClN2O2. The van der Waals surface area contributed by atoms with E-state index in [-0.39, 0.29) is 18.3 Å². The number of carbonyl (C=O) groups is 1. The molecule has 0 spiro atoms. The molecule has 0 aliphatic carbocycles. The van der Waals surface area contributed by atoms with Crippen LogP contribution in [-0.2, 0) is 11.2 Å². The SMILES string of the molecule is COc1ccccc1CCC(=O)NCCC1CCCNC1.Cl. The predicted molar refractivity (Wildman–Crippen MR) is 91.8 cm³/mol. The van der Waals surface area contributed by atoms with E-state index in [2.05, 4.69) is 10.6 Å². The van der Waals surface area contributed by atoms with Crippen LogP contribution < -0.4 is 15.4 Å². The van der Waals surface area contributed by atoms with E-state index < -0.39 is 0 Å². The average molecular weight is 327 g/mol. The molecule has 1 aliphatic rings. The molecular weight excluding hydrogens is 300 g/mol. The second-order valence-electron chi connectivity index (χ2n) is 5.66. The maximum Gasteiger partial charge on any atom is 0.220 e. The lowest BCUT2D eigenvalue weighted by molar-refractivity contribution is -0.121. The summed E-state index contributed by atoms with van der Waals surface area (Å²) in [5.74, 6) is 1.71. The van der Waals surface area contributed by atoms with Crippen LogP contribution in [0.4, 0.5) is 0 Å². The second-order valence-corrected chi connectivity index (χ2v) is 5.66. The highest BCUT2D eigenvalue weighted by Gasteiger charge is 2.13. The minimum Gasteiger partial charge on any atom is -0.496 e. The highest BCUT2D eigenvalue weighted by molar-refractivity contribution is 5.85. The largest absolute Gasteiger partial charge is 0.496 e. The van der Waals surface area contributed by atoms with Gasteiger partial charge < -0.3 is 15.4 Å². The molecule has 1 heterocycles. The molecule has 1 atom stereocenters. The number of benzene rings is 1. The number of rotatable bonds is 7. The van der Waals surface area contributed by atoms with Crippen molar-refractivity contribution in [1.82, 2.24) is 10.6 Å². The van der Waals surface area contributed by atoms with Gasteiger partial charge in [-0.25, -0.2) is 0 Å². The summed E-state index contributed by atoms with van der Waals surface area (Å²) in [4.78, 5) is 11.9. The van der Waals surface area contributed by atoms with Crippen LogP contribution in [0.1, 0.15) is 31.2 Å². The zero-order valence-electron chi connectivity index (χ0n) is 13.3. The van der Waals surface area contributed by atoms with Crippen LogP contribution in [0.3, 0.4) is 0 Å². The van der Waals surface area contributed by atoms with Gasteiger partial charge in [-0.2, -0.15) is 0 Å². The zero-order valence-corrected chi connectivity index (χ0v) is 14.1. The van der Waals surface area contributed by atoms with Crippen molar-refractivity contribution in [3.05, 3.63) is 29.8 Å². The number of para-hydroxylation sites is 1. The lowest BCUT2D eigenvalue weighted by atomic mass is 9.96. The van der Waals surface area contributed by atoms with Crippen molar-refractivity contribution >= 4 is 18.3 Å². The van der Waals surface area contributed by atoms with Crippen molar-refractivity contribution in [2.45, 2.75) is 32.1 Å². The number of halogens is 1. The molecule has 2 rings (SSSR count). The van der Waals surface area contributed by atoms with Crippen molar-refractivity contribution in [3.63, 3.8) is 0 Å². The highest BCUT2D eigenvalue weighted by atomic mass is 35.5. The Balaban J connectivity index is 0.00000242. The normalized spacial score (nSPS) is 17.4. The molecule has 1 fully saturated rings. The van der Waals surface area contributed by atoms with Gasteiger partial charge in [-0.15, -0.1) is 12.4 Å². The third-order valence-electron chi connectivity index (χ3n) is 4.09. The number of hydrogen-bond acceptors (Lipinski definition) is 3. The van der Waals surface area contributed by atoms with E-state index in [1.165, 1.54) is 12.8 Å². The van der Waals surface area contributed by atoms with Crippen LogP contribution in [0, 0.1) is 5.92 Å². The van der Waals surface area contributed by atoms with Crippen LogP contribution in [0.25, 0.3) is 0 Å². The van der Waals surface area contributed by atoms with Gasteiger partial charge in [0.05, 0.1) is 7.11 Å². The third kappa shape index (κ3) is 6.24. The lowest BCUT2D eigenvalue weighted by Crippen LogP contribution is -2.33. The summed E-state index contributed by atoms with van der Waals surface area (Å²) in [5, 5.41) is 6.44. The van der Waals surface area contributed by atoms with Gasteiger partial charge in [-0.3, -0.25) is 4.79 Å². The summed E-state index contributed by atoms with van der Waals surface area (Å²) < 4.78 is 5.30. The number of carbonyl (C=O) groups excluding carboxylic acids is 1. The molecule has 2 N–H and O–H groups in total. The quantitative estimate of drug-likeness (QED) is 0.809. The van der Waals surface area contributed by atoms with Gasteiger partial charge in [0.2, 0.25) is 5.91 Å². The number of aryl methyl sites for hydroxylation is 1. The maximum atomic E-state index is 11.9. The summed E-state index contributed by atoms with van der Waals surface area (Å²) in [6.45, 7) is 3.02. The molecule has 0 aromatic heterocycles. The molecule has 1 aromatic carbocycles. The first-order chi connectivity index (χ1) is 10.3. The lowest BCUT2D eigenvalue weighted by Gasteiger charge is -2.22. The van der Waals surface area contributed by atoms with E-state index in [1.807, 2.05) is 24.3 Å². The van der Waals surface area contributed by atoms with Gasteiger partial charge in [-0.1, -0.05) is 18.2 Å². The van der Waals surface area contributed by atoms with Crippen LogP contribution in [-0.4, -0.2) is 32.7 Å². The fourth-order valence-corrected chi connectivity index (χ4v) is 2.83. The monoisotopic (exact) mass is 326 g/mol. The van der Waals surface area contributed by atoms with E-state index in [0.717, 1.165) is 43.8 Å². The van der Waals surface area contributed by atoms with Crippen LogP contribution in [0.5, 0.6) is 5.75 Å². The van der Waals surface area contributed by atoms with Crippen LogP contribution in [0.15, 0.2) is 24.3 Å². The average Bonchev–Trinajstić information content (AvgIpc) is 2.54. The smallest absolute Gasteiger partial charge is 0.220 e. The van der Waals surface area contributed by atoms with E-state index in [4.69, 9.17) is 4.74 Å². The van der Waals surface area contributed by atoms with Crippen molar-refractivity contribution < 1.29 is 9.53 Å². The van der Waals surface area contributed by atoms with E-state index >= 15 is 0 Å². The Morgan fingerprint density at radius 3 is 2.95 bits per heavy atom. The molecule has 1 amide bonds. The fraction of sp³-hybridized carbons (Fsp3) is 0.588. The zero-order chi connectivity index (χ0) is 14.9. The molecule has 0 bridgehead atoms. The number of piperidine rings is 1. The van der Waals surface area contributed by atoms with E-state index in [0.29, 0.717) is 12.3 Å². The molecule has 22 heavy (non-hydrogen) atoms. The molecule has 124 valence electrons. The third-order valence-corrected chi connectivity index (χ3v) is 4.09. The van der Waals surface area contributed by atoms with E-state index in [9.17, 15) is 4.79 Å². The van der Waals surface area contributed by atoms with Crippen LogP contribution in [0.2, 0.25) is 0 Å². The van der Waals surface area contributed by atoms with Crippen molar-refractivity contribution in [2.75, 3.05) is 26.7 Å². The summed E-state index contributed by atoms with van der Waals surface area (Å²) in [7, 11) is 1.66. The number of nitrogens with one attached hydrogen (secondary N) is 2. The number of amides is 1. The standard InChI is InChI=1S/C17H26N2O2.ClH/c1-21-16-7-3-2-6-15(16)8-9-17(20)19-12-10-14-5-4-11-18-13-14;/h2-3,6-7,14,18H,4-5,8-13H2,1H3,(H,19,20);1H. The summed E-state index contributed by atoms with van der Waals surface area (Å²) in [6, 6.07) is 7.87. The second kappa shape index (κ2) is 10.5. The van der Waals surface area contributed by atoms with Gasteiger partial charge >= 0.3 is 0 Å². The molecule has 1 aromatic rings. The maximum absolute atomic E-state index is 11.9. The number of methoxy groups -OCH3 is 1. The first-order valence-electron chi connectivity index (χ1n) is 7.89. The van der Waals surface area contributed by atoms with Gasteiger partial charge in [-0.05, 0) is 56.3 Å². The van der Waals surface area contributed by atoms with Gasteiger partial charge in [0.1, 0.15) is 5.75 Å². The fourth-order valence-electron chi connectivity index (χ4n) is 2.83. The summed E-state index contributed by atoms with van der Waals surface area (Å²) in [5.41, 5.74) is 1.09. The van der Waals surface area contributed by atoms with Crippen LogP contribution >= 0.6 is 12.4 Å². The molecule has 5 heteroatoms. The van der Waals surface area contributed by atoms with Gasteiger partial charge in [0.25, 0.3) is 0 Å². The Morgan fingerprint density at radius 2 is 2.23 bits per heavy atom. The van der Waals surface area contributed by atoms with Crippen molar-refractivity contribution in [1.29, 1.82) is 0 Å². The Morgan fingerprint density at radius 1 is 1.41 bits per heavy atom. The molecule has 4 nitrogen and oxygen atoms in total. The first kappa shape index (κ1) is 18.8. The van der Waals surface area contributed by atoms with Crippen molar-refractivity contribution in [3.8, 4) is 5.75 Å². The van der Waals surface area contributed by atoms with Gasteiger partial charge in [0.15, 0.2) is 0 Å². The Kier molecular flexibility index (Phi) is 8.94. The predicted octanol–water partition coefficient (Wildman–Crippen LogP) is 2.56. The Bertz CT molecular complexity index is 448. The minimum atomic E-state index is 0. The highest BCUT2D eigenvalue weighted by Crippen LogP contribution is 2.18. The molecule has 1 aliphatic heterocycles. The molecule has 1 unspecified atom stereocenters. The topological polar surface area (TPSA) is 50.4 Å². The number of hydrogen-bond donors (Lipinski definition) is 2. The first-order valence-corrected chi connectivity index (χ1v) is 7.89. The Hall–Kier alpha value is -1.26. The number of ether oxygens (including phenoxy) is 1. The molecule has 0 saturated carbocycles. The summed E-state index contributed by atoms with van der Waals surface area (Å²) in [6.07, 6.45) is 4.86. The molecule has 1 saturated heterocycles. The summed E-state index contributed by atoms with van der Waals surface area (Å²) >= 11 is 0. The Labute approximate surface area is 139 Å². The van der Waals surface area contributed by atoms with E-state index in [1.54, 1.807) is 7.11 Å². The molecule has 0 radical (unpaired) electrons. The van der Waals surface area contributed by atoms with Gasteiger partial charge in [0, 0.05) is 13.0 Å². The van der Waals surface area contributed by atoms with Crippen molar-refractivity contribution in [2.24, 2.45) is 5.92 Å².